The molecule has 0 aromatic heterocycles. The lowest BCUT2D eigenvalue weighted by atomic mass is 10.0. The topological polar surface area (TPSA) is 63.3 Å². The van der Waals surface area contributed by atoms with Crippen LogP contribution in [0.25, 0.3) is 0 Å². The average Bonchev–Trinajstić information content (AvgIpc) is 2.85. The quantitative estimate of drug-likeness (QED) is 0.770. The first kappa shape index (κ1) is 10.2. The summed E-state index contributed by atoms with van der Waals surface area (Å²) < 4.78 is 0. The van der Waals surface area contributed by atoms with E-state index in [1.807, 2.05) is 32.0 Å². The Balaban J connectivity index is 2.27. The molecule has 0 aliphatic heterocycles. The molecule has 0 unspecified atom stereocenters. The van der Waals surface area contributed by atoms with Crippen LogP contribution >= 0.6 is 0 Å². The van der Waals surface area contributed by atoms with Crippen molar-refractivity contribution in [1.82, 2.24) is 0 Å². The second-order valence-corrected chi connectivity index (χ2v) is 4.45. The Morgan fingerprint density at radius 2 is 2.13 bits per heavy atom. The number of hydrogen-bond acceptors (Lipinski definition) is 2. The fourth-order valence-corrected chi connectivity index (χ4v) is 1.91. The molecule has 0 radical (unpaired) electrons. The summed E-state index contributed by atoms with van der Waals surface area (Å²) in [4.78, 5) is 10.9. The molecular formula is C12H15NO2. The Morgan fingerprint density at radius 3 is 2.60 bits per heavy atom. The molecule has 3 nitrogen and oxygen atoms in total. The minimum absolute atomic E-state index is 0.0192. The summed E-state index contributed by atoms with van der Waals surface area (Å²) in [5, 5.41) is 8.94. The van der Waals surface area contributed by atoms with E-state index in [4.69, 9.17) is 10.8 Å². The van der Waals surface area contributed by atoms with Gasteiger partial charge in [-0.05, 0) is 37.0 Å². The lowest BCUT2D eigenvalue weighted by molar-refractivity contribution is -0.139. The van der Waals surface area contributed by atoms with Crippen LogP contribution in [0.1, 0.15) is 29.0 Å². The summed E-state index contributed by atoms with van der Waals surface area (Å²) >= 11 is 0. The van der Waals surface area contributed by atoms with Gasteiger partial charge in [0.05, 0.1) is 0 Å². The van der Waals surface area contributed by atoms with E-state index >= 15 is 0 Å². The van der Waals surface area contributed by atoms with E-state index in [0.717, 1.165) is 5.56 Å². The third-order valence-electron chi connectivity index (χ3n) is 3.34. The number of carboxylic acid groups (broad SMARTS) is 1. The molecule has 15 heavy (non-hydrogen) atoms. The molecule has 0 spiro atoms. The van der Waals surface area contributed by atoms with Crippen LogP contribution < -0.4 is 5.73 Å². The number of hydrogen-bond donors (Lipinski definition) is 2. The summed E-state index contributed by atoms with van der Waals surface area (Å²) in [7, 11) is 0. The maximum atomic E-state index is 10.9. The number of benzene rings is 1. The van der Waals surface area contributed by atoms with E-state index in [1.165, 1.54) is 11.1 Å². The molecule has 0 heterocycles. The van der Waals surface area contributed by atoms with Crippen LogP contribution in [0.5, 0.6) is 0 Å². The first-order valence-corrected chi connectivity index (χ1v) is 5.04. The second kappa shape index (κ2) is 3.07. The normalized spacial score (nSPS) is 28.9. The summed E-state index contributed by atoms with van der Waals surface area (Å²) in [5.74, 6) is -0.917. The summed E-state index contributed by atoms with van der Waals surface area (Å²) in [6.45, 7) is 4.07. The molecule has 1 aromatic rings. The van der Waals surface area contributed by atoms with Gasteiger partial charge in [-0.3, -0.25) is 4.79 Å². The van der Waals surface area contributed by atoms with Crippen molar-refractivity contribution in [2.45, 2.75) is 31.7 Å². The SMILES string of the molecule is Cc1ccc([C@@H]2C[C@]2(N)C(=O)O)cc1C. The van der Waals surface area contributed by atoms with Gasteiger partial charge >= 0.3 is 5.97 Å². The average molecular weight is 205 g/mol. The smallest absolute Gasteiger partial charge is 0.324 e. The molecule has 3 N–H and O–H groups in total. The van der Waals surface area contributed by atoms with Gasteiger partial charge in [-0.25, -0.2) is 0 Å². The van der Waals surface area contributed by atoms with E-state index < -0.39 is 11.5 Å². The van der Waals surface area contributed by atoms with Crippen LogP contribution in [0.4, 0.5) is 0 Å². The summed E-state index contributed by atoms with van der Waals surface area (Å²) in [5.41, 5.74) is 8.18. The molecule has 1 aliphatic carbocycles. The Kier molecular flexibility index (Phi) is 2.08. The van der Waals surface area contributed by atoms with Crippen molar-refractivity contribution in [3.63, 3.8) is 0 Å². The molecular weight excluding hydrogens is 190 g/mol. The van der Waals surface area contributed by atoms with E-state index in [-0.39, 0.29) is 5.92 Å². The Hall–Kier alpha value is -1.35. The van der Waals surface area contributed by atoms with Crippen molar-refractivity contribution in [3.05, 3.63) is 34.9 Å². The van der Waals surface area contributed by atoms with E-state index in [0.29, 0.717) is 6.42 Å². The van der Waals surface area contributed by atoms with Gasteiger partial charge in [0.1, 0.15) is 5.54 Å². The Bertz CT molecular complexity index is 428. The minimum Gasteiger partial charge on any atom is -0.480 e. The van der Waals surface area contributed by atoms with Gasteiger partial charge in [-0.1, -0.05) is 18.2 Å². The number of nitrogens with two attached hydrogens (primary N) is 1. The lowest BCUT2D eigenvalue weighted by Crippen LogP contribution is -2.34. The molecule has 3 heteroatoms. The maximum absolute atomic E-state index is 10.9. The van der Waals surface area contributed by atoms with Crippen LogP contribution in [-0.2, 0) is 4.79 Å². The summed E-state index contributed by atoms with van der Waals surface area (Å²) in [6.07, 6.45) is 0.546. The van der Waals surface area contributed by atoms with Gasteiger partial charge in [0.15, 0.2) is 0 Å². The van der Waals surface area contributed by atoms with Gasteiger partial charge in [0.25, 0.3) is 0 Å². The number of carboxylic acids is 1. The van der Waals surface area contributed by atoms with Crippen molar-refractivity contribution in [1.29, 1.82) is 0 Å². The van der Waals surface area contributed by atoms with Crippen LogP contribution in [-0.4, -0.2) is 16.6 Å². The highest BCUT2D eigenvalue weighted by Crippen LogP contribution is 2.49. The van der Waals surface area contributed by atoms with Gasteiger partial charge in [-0.2, -0.15) is 0 Å². The highest BCUT2D eigenvalue weighted by atomic mass is 16.4. The molecule has 0 saturated heterocycles. The monoisotopic (exact) mass is 205 g/mol. The second-order valence-electron chi connectivity index (χ2n) is 4.45. The number of aryl methyl sites for hydroxylation is 2. The van der Waals surface area contributed by atoms with Crippen LogP contribution in [0.3, 0.4) is 0 Å². The summed E-state index contributed by atoms with van der Waals surface area (Å²) in [6, 6.07) is 6.04. The molecule has 1 saturated carbocycles. The number of aliphatic carboxylic acids is 1. The van der Waals surface area contributed by atoms with Gasteiger partial charge in [0.2, 0.25) is 0 Å². The maximum Gasteiger partial charge on any atom is 0.324 e. The predicted molar refractivity (Wildman–Crippen MR) is 57.8 cm³/mol. The predicted octanol–water partition coefficient (Wildman–Crippen LogP) is 1.57. The molecule has 2 atom stereocenters. The van der Waals surface area contributed by atoms with Crippen LogP contribution in [0, 0.1) is 13.8 Å². The molecule has 2 rings (SSSR count). The van der Waals surface area contributed by atoms with Crippen molar-refractivity contribution in [2.75, 3.05) is 0 Å². The highest BCUT2D eigenvalue weighted by Gasteiger charge is 2.58. The van der Waals surface area contributed by atoms with Gasteiger partial charge < -0.3 is 10.8 Å². The van der Waals surface area contributed by atoms with Crippen LogP contribution in [0.2, 0.25) is 0 Å². The zero-order chi connectivity index (χ0) is 11.2. The fraction of sp³-hybridized carbons (Fsp3) is 0.417. The van der Waals surface area contributed by atoms with E-state index in [1.54, 1.807) is 0 Å². The molecule has 1 aromatic carbocycles. The third-order valence-corrected chi connectivity index (χ3v) is 3.34. The van der Waals surface area contributed by atoms with Crippen molar-refractivity contribution in [3.8, 4) is 0 Å². The molecule has 1 aliphatic rings. The largest absolute Gasteiger partial charge is 0.480 e. The Labute approximate surface area is 88.9 Å². The molecule has 80 valence electrons. The molecule has 0 amide bonds. The standard InChI is InChI=1S/C12H15NO2/c1-7-3-4-9(5-8(7)2)10-6-12(10,13)11(14)15/h3-5,10H,6,13H2,1-2H3,(H,14,15)/t10-,12+/m0/s1. The number of carbonyl (C=O) groups is 1. The zero-order valence-electron chi connectivity index (χ0n) is 8.95. The van der Waals surface area contributed by atoms with Gasteiger partial charge in [-0.15, -0.1) is 0 Å². The lowest BCUT2D eigenvalue weighted by Gasteiger charge is -2.07. The van der Waals surface area contributed by atoms with Crippen molar-refractivity contribution >= 4 is 5.97 Å². The fourth-order valence-electron chi connectivity index (χ4n) is 1.91. The third kappa shape index (κ3) is 1.53. The first-order chi connectivity index (χ1) is 6.95. The molecule has 1 fully saturated rings. The molecule has 0 bridgehead atoms. The van der Waals surface area contributed by atoms with Crippen molar-refractivity contribution < 1.29 is 9.90 Å². The van der Waals surface area contributed by atoms with Crippen molar-refractivity contribution in [2.24, 2.45) is 5.73 Å². The zero-order valence-corrected chi connectivity index (χ0v) is 8.95. The highest BCUT2D eigenvalue weighted by molar-refractivity contribution is 5.84. The van der Waals surface area contributed by atoms with Gasteiger partial charge in [0, 0.05) is 5.92 Å². The Morgan fingerprint density at radius 1 is 1.47 bits per heavy atom. The number of rotatable bonds is 2. The minimum atomic E-state index is -1.03. The van der Waals surface area contributed by atoms with E-state index in [9.17, 15) is 4.79 Å². The first-order valence-electron chi connectivity index (χ1n) is 5.04. The van der Waals surface area contributed by atoms with Crippen LogP contribution in [0.15, 0.2) is 18.2 Å². The van der Waals surface area contributed by atoms with E-state index in [2.05, 4.69) is 0 Å².